The molecule has 0 aromatic carbocycles. The second kappa shape index (κ2) is 15.7. The minimum Gasteiger partial charge on any atom is -0.396 e. The summed E-state index contributed by atoms with van der Waals surface area (Å²) in [6.07, 6.45) is 0.875. The van der Waals surface area contributed by atoms with Gasteiger partial charge in [-0.15, -0.1) is 0 Å². The zero-order valence-corrected chi connectivity index (χ0v) is 6.78. The van der Waals surface area contributed by atoms with E-state index in [1.165, 1.54) is 0 Å². The van der Waals surface area contributed by atoms with Crippen molar-refractivity contribution in [3.8, 4) is 0 Å². The van der Waals surface area contributed by atoms with Gasteiger partial charge in [0.1, 0.15) is 0 Å². The second-order valence-electron chi connectivity index (χ2n) is 1.68. The van der Waals surface area contributed by atoms with Gasteiger partial charge in [-0.25, -0.2) is 0 Å². The van der Waals surface area contributed by atoms with Crippen molar-refractivity contribution in [3.63, 3.8) is 0 Å². The topological polar surface area (TPSA) is 32.3 Å². The van der Waals surface area contributed by atoms with Crippen molar-refractivity contribution in [2.45, 2.75) is 27.2 Å². The van der Waals surface area contributed by atoms with E-state index in [0.717, 1.165) is 19.5 Å². The molecule has 9 heavy (non-hydrogen) atoms. The van der Waals surface area contributed by atoms with Crippen LogP contribution in [0.3, 0.4) is 0 Å². The molecule has 0 aromatic rings. The number of aliphatic hydroxyl groups is 1. The van der Waals surface area contributed by atoms with Crippen LogP contribution < -0.4 is 5.32 Å². The Morgan fingerprint density at radius 2 is 1.44 bits per heavy atom. The molecule has 0 unspecified atom stereocenters. The number of hydrogen-bond donors (Lipinski definition) is 2. The quantitative estimate of drug-likeness (QED) is 0.602. The summed E-state index contributed by atoms with van der Waals surface area (Å²) in [4.78, 5) is 0. The highest BCUT2D eigenvalue weighted by Crippen LogP contribution is 1.61. The average Bonchev–Trinajstić information content (AvgIpc) is 1.91. The van der Waals surface area contributed by atoms with E-state index >= 15 is 0 Å². The van der Waals surface area contributed by atoms with E-state index in [9.17, 15) is 0 Å². The third-order valence-electron chi connectivity index (χ3n) is 0.724. The third-order valence-corrected chi connectivity index (χ3v) is 0.724. The van der Waals surface area contributed by atoms with Crippen molar-refractivity contribution in [1.29, 1.82) is 0 Å². The molecule has 0 aliphatic rings. The van der Waals surface area contributed by atoms with Crippen LogP contribution in [0, 0.1) is 0 Å². The fourth-order valence-corrected chi connectivity index (χ4v) is 0.250. The maximum Gasteiger partial charge on any atom is 0.0428 e. The molecule has 0 fully saturated rings. The minimum absolute atomic E-state index is 0.319. The van der Waals surface area contributed by atoms with Crippen LogP contribution in [-0.4, -0.2) is 24.8 Å². The maximum absolute atomic E-state index is 7.88. The summed E-state index contributed by atoms with van der Waals surface area (Å²) in [7, 11) is 0. The standard InChI is InChI=1S/C4H11N.C3H8O/c1-3-5-4-2;1-2-3-4/h5H,3-4H2,1-2H3;4H,2-3H2,1H3. The van der Waals surface area contributed by atoms with E-state index in [1.807, 2.05) is 6.92 Å². The highest BCUT2D eigenvalue weighted by molar-refractivity contribution is 4.27. The molecule has 0 spiro atoms. The first-order valence-electron chi connectivity index (χ1n) is 3.64. The molecule has 0 amide bonds. The van der Waals surface area contributed by atoms with Gasteiger partial charge in [0.15, 0.2) is 0 Å². The molecule has 0 saturated carbocycles. The Labute approximate surface area is 58.3 Å². The van der Waals surface area contributed by atoms with Crippen LogP contribution in [-0.2, 0) is 0 Å². The van der Waals surface area contributed by atoms with Gasteiger partial charge in [0.2, 0.25) is 0 Å². The van der Waals surface area contributed by atoms with Crippen LogP contribution in [0.1, 0.15) is 27.2 Å². The lowest BCUT2D eigenvalue weighted by Gasteiger charge is -1.86. The summed E-state index contributed by atoms with van der Waals surface area (Å²) < 4.78 is 0. The molecule has 0 rings (SSSR count). The van der Waals surface area contributed by atoms with E-state index < -0.39 is 0 Å². The van der Waals surface area contributed by atoms with Crippen LogP contribution in [0.5, 0.6) is 0 Å². The second-order valence-corrected chi connectivity index (χ2v) is 1.68. The Bertz CT molecular complexity index is 28.1. The Balaban J connectivity index is 0. The molecule has 0 radical (unpaired) electrons. The van der Waals surface area contributed by atoms with Crippen molar-refractivity contribution < 1.29 is 5.11 Å². The van der Waals surface area contributed by atoms with Gasteiger partial charge in [0.05, 0.1) is 0 Å². The summed E-state index contributed by atoms with van der Waals surface area (Å²) in [5, 5.41) is 11.0. The highest BCUT2D eigenvalue weighted by Gasteiger charge is 1.62. The Kier molecular flexibility index (Phi) is 20.3. The fourth-order valence-electron chi connectivity index (χ4n) is 0.250. The first-order chi connectivity index (χ1) is 4.33. The summed E-state index contributed by atoms with van der Waals surface area (Å²) in [5.74, 6) is 0. The lowest BCUT2D eigenvalue weighted by Crippen LogP contribution is -2.09. The van der Waals surface area contributed by atoms with Crippen LogP contribution in [0.25, 0.3) is 0 Å². The van der Waals surface area contributed by atoms with Gasteiger partial charge in [0.25, 0.3) is 0 Å². The van der Waals surface area contributed by atoms with E-state index in [2.05, 4.69) is 19.2 Å². The largest absolute Gasteiger partial charge is 0.396 e. The molecule has 0 heterocycles. The van der Waals surface area contributed by atoms with Crippen molar-refractivity contribution in [3.05, 3.63) is 0 Å². The molecule has 2 heteroatoms. The van der Waals surface area contributed by atoms with Gasteiger partial charge in [-0.3, -0.25) is 0 Å². The van der Waals surface area contributed by atoms with Crippen molar-refractivity contribution in [2.24, 2.45) is 0 Å². The predicted octanol–water partition coefficient (Wildman–Crippen LogP) is 1.00. The summed E-state index contributed by atoms with van der Waals surface area (Å²) >= 11 is 0. The van der Waals surface area contributed by atoms with E-state index in [1.54, 1.807) is 0 Å². The van der Waals surface area contributed by atoms with Gasteiger partial charge in [-0.2, -0.15) is 0 Å². The van der Waals surface area contributed by atoms with Gasteiger partial charge in [-0.05, 0) is 19.5 Å². The zero-order valence-electron chi connectivity index (χ0n) is 6.78. The summed E-state index contributed by atoms with van der Waals surface area (Å²) in [5.41, 5.74) is 0. The molecular weight excluding hydrogens is 114 g/mol. The smallest absolute Gasteiger partial charge is 0.0428 e. The molecule has 0 atom stereocenters. The number of nitrogens with one attached hydrogen (secondary N) is 1. The Morgan fingerprint density at radius 3 is 1.44 bits per heavy atom. The third kappa shape index (κ3) is 32.6. The van der Waals surface area contributed by atoms with Gasteiger partial charge in [-0.1, -0.05) is 20.8 Å². The Morgan fingerprint density at radius 1 is 1.11 bits per heavy atom. The molecule has 0 aliphatic carbocycles. The molecule has 0 aromatic heterocycles. The van der Waals surface area contributed by atoms with Crippen LogP contribution in [0.15, 0.2) is 0 Å². The summed E-state index contributed by atoms with van der Waals surface area (Å²) in [6.45, 7) is 8.64. The highest BCUT2D eigenvalue weighted by atomic mass is 16.2. The average molecular weight is 133 g/mol. The lowest BCUT2D eigenvalue weighted by atomic mass is 10.5. The number of hydrogen-bond acceptors (Lipinski definition) is 2. The van der Waals surface area contributed by atoms with Gasteiger partial charge >= 0.3 is 0 Å². The molecular formula is C7H19NO. The summed E-state index contributed by atoms with van der Waals surface area (Å²) in [6, 6.07) is 0. The first-order valence-corrected chi connectivity index (χ1v) is 3.64. The maximum atomic E-state index is 7.88. The molecule has 2 nitrogen and oxygen atoms in total. The van der Waals surface area contributed by atoms with Crippen LogP contribution >= 0.6 is 0 Å². The monoisotopic (exact) mass is 133 g/mol. The van der Waals surface area contributed by atoms with E-state index in [-0.39, 0.29) is 0 Å². The minimum atomic E-state index is 0.319. The number of aliphatic hydroxyl groups excluding tert-OH is 1. The number of rotatable bonds is 3. The molecule has 58 valence electrons. The molecule has 0 aliphatic heterocycles. The van der Waals surface area contributed by atoms with E-state index in [0.29, 0.717) is 6.61 Å². The fraction of sp³-hybridized carbons (Fsp3) is 1.00. The van der Waals surface area contributed by atoms with Gasteiger partial charge in [0, 0.05) is 6.61 Å². The van der Waals surface area contributed by atoms with Crippen molar-refractivity contribution >= 4 is 0 Å². The van der Waals surface area contributed by atoms with Crippen LogP contribution in [0.4, 0.5) is 0 Å². The van der Waals surface area contributed by atoms with Gasteiger partial charge < -0.3 is 10.4 Å². The van der Waals surface area contributed by atoms with Crippen molar-refractivity contribution in [2.75, 3.05) is 19.7 Å². The zero-order chi connectivity index (χ0) is 7.54. The molecule has 2 N–H and O–H groups in total. The Hall–Kier alpha value is -0.0800. The van der Waals surface area contributed by atoms with Crippen LogP contribution in [0.2, 0.25) is 0 Å². The predicted molar refractivity (Wildman–Crippen MR) is 41.6 cm³/mol. The molecule has 0 saturated heterocycles. The SMILES string of the molecule is CCCO.CCNCC. The molecule has 0 bridgehead atoms. The van der Waals surface area contributed by atoms with Crippen molar-refractivity contribution in [1.82, 2.24) is 5.32 Å². The lowest BCUT2D eigenvalue weighted by molar-refractivity contribution is 0.295. The van der Waals surface area contributed by atoms with E-state index in [4.69, 9.17) is 5.11 Å². The first kappa shape index (κ1) is 11.7. The normalized spacial score (nSPS) is 8.00.